The van der Waals surface area contributed by atoms with Crippen molar-refractivity contribution >= 4 is 5.91 Å². The third kappa shape index (κ3) is 3.42. The molecular weight excluding hydrogens is 322 g/mol. The van der Waals surface area contributed by atoms with Gasteiger partial charge in [0.2, 0.25) is 0 Å². The average Bonchev–Trinajstić information content (AvgIpc) is 3.31. The molecule has 2 aromatic rings. The summed E-state index contributed by atoms with van der Waals surface area (Å²) in [5.74, 6) is -0.314. The van der Waals surface area contributed by atoms with Crippen LogP contribution in [0.4, 0.5) is 0 Å². The van der Waals surface area contributed by atoms with E-state index >= 15 is 0 Å². The van der Waals surface area contributed by atoms with Crippen molar-refractivity contribution in [1.82, 2.24) is 35.0 Å². The Morgan fingerprint density at radius 3 is 3.08 bits per heavy atom. The summed E-state index contributed by atoms with van der Waals surface area (Å²) in [5.41, 5.74) is 1.71. The number of aromatic nitrogens is 5. The third-order valence-electron chi connectivity index (χ3n) is 4.93. The summed E-state index contributed by atoms with van der Waals surface area (Å²) in [4.78, 5) is 14.2. The van der Waals surface area contributed by atoms with Crippen LogP contribution < -0.4 is 5.32 Å². The lowest BCUT2D eigenvalue weighted by molar-refractivity contribution is 0.0454. The molecule has 1 saturated heterocycles. The van der Waals surface area contributed by atoms with Gasteiger partial charge < -0.3 is 10.4 Å². The number of hydrogen-bond acceptors (Lipinski definition) is 6. The summed E-state index contributed by atoms with van der Waals surface area (Å²) in [7, 11) is 1.71. The van der Waals surface area contributed by atoms with Crippen LogP contribution in [-0.2, 0) is 26.6 Å². The standard InChI is InChI=1S/C16H23N7O2/c1-21-9-14(18-20-21)15(24)17-10-16(25)4-6-22(11-16)8-12-7-13-3-2-5-23(13)19-12/h7,9,25H,2-6,8,10-11H2,1H3,(H,17,24). The monoisotopic (exact) mass is 345 g/mol. The summed E-state index contributed by atoms with van der Waals surface area (Å²) in [6, 6.07) is 2.17. The molecule has 0 saturated carbocycles. The fourth-order valence-corrected chi connectivity index (χ4v) is 3.63. The zero-order valence-corrected chi connectivity index (χ0v) is 14.4. The van der Waals surface area contributed by atoms with Crippen molar-refractivity contribution in [3.8, 4) is 0 Å². The maximum atomic E-state index is 12.0. The number of nitrogens with zero attached hydrogens (tertiary/aromatic N) is 6. The Hall–Kier alpha value is -2.26. The van der Waals surface area contributed by atoms with Crippen LogP contribution >= 0.6 is 0 Å². The van der Waals surface area contributed by atoms with Gasteiger partial charge in [-0.1, -0.05) is 5.21 Å². The van der Waals surface area contributed by atoms with Gasteiger partial charge in [0.25, 0.3) is 5.91 Å². The van der Waals surface area contributed by atoms with Crippen molar-refractivity contribution in [2.45, 2.75) is 38.0 Å². The van der Waals surface area contributed by atoms with Crippen molar-refractivity contribution < 1.29 is 9.90 Å². The van der Waals surface area contributed by atoms with E-state index in [1.165, 1.54) is 16.8 Å². The number of hydrogen-bond donors (Lipinski definition) is 2. The van der Waals surface area contributed by atoms with Crippen LogP contribution in [0.5, 0.6) is 0 Å². The minimum Gasteiger partial charge on any atom is -0.387 e. The van der Waals surface area contributed by atoms with Gasteiger partial charge in [-0.15, -0.1) is 5.10 Å². The number of nitrogens with one attached hydrogen (secondary N) is 1. The van der Waals surface area contributed by atoms with Crippen LogP contribution in [0.2, 0.25) is 0 Å². The molecule has 1 fully saturated rings. The maximum Gasteiger partial charge on any atom is 0.273 e. The molecule has 9 heteroatoms. The summed E-state index contributed by atoms with van der Waals surface area (Å²) >= 11 is 0. The largest absolute Gasteiger partial charge is 0.387 e. The Labute approximate surface area is 145 Å². The fraction of sp³-hybridized carbons (Fsp3) is 0.625. The highest BCUT2D eigenvalue weighted by atomic mass is 16.3. The molecule has 4 rings (SSSR count). The molecule has 1 amide bonds. The lowest BCUT2D eigenvalue weighted by Crippen LogP contribution is -2.45. The van der Waals surface area contributed by atoms with E-state index in [-0.39, 0.29) is 18.1 Å². The van der Waals surface area contributed by atoms with Crippen LogP contribution in [0.15, 0.2) is 12.3 Å². The normalized spacial score (nSPS) is 23.1. The number of fused-ring (bicyclic) bond motifs is 1. The average molecular weight is 345 g/mol. The molecule has 0 radical (unpaired) electrons. The number of β-amino-alcohol motifs (C(OH)–C–C–N with tert-alkyl or cyclic N) is 1. The van der Waals surface area contributed by atoms with Crippen molar-refractivity contribution in [2.75, 3.05) is 19.6 Å². The molecule has 9 nitrogen and oxygen atoms in total. The smallest absolute Gasteiger partial charge is 0.273 e. The zero-order valence-electron chi connectivity index (χ0n) is 14.4. The number of likely N-dealkylation sites (tertiary alicyclic amines) is 1. The second-order valence-electron chi connectivity index (χ2n) is 7.10. The molecular formula is C16H23N7O2. The number of carbonyl (C=O) groups is 1. The summed E-state index contributed by atoms with van der Waals surface area (Å²) < 4.78 is 3.56. The Kier molecular flexibility index (Phi) is 4.04. The minimum atomic E-state index is -0.916. The highest BCUT2D eigenvalue weighted by molar-refractivity contribution is 5.91. The molecule has 4 heterocycles. The fourth-order valence-electron chi connectivity index (χ4n) is 3.63. The molecule has 2 aromatic heterocycles. The lowest BCUT2D eigenvalue weighted by atomic mass is 10.0. The van der Waals surface area contributed by atoms with E-state index in [0.29, 0.717) is 13.0 Å². The first-order valence-corrected chi connectivity index (χ1v) is 8.66. The highest BCUT2D eigenvalue weighted by Gasteiger charge is 2.36. The number of amides is 1. The minimum absolute atomic E-state index is 0.207. The van der Waals surface area contributed by atoms with Gasteiger partial charge in [-0.2, -0.15) is 5.10 Å². The molecule has 0 aromatic carbocycles. The molecule has 0 aliphatic carbocycles. The van der Waals surface area contributed by atoms with Crippen LogP contribution in [-0.4, -0.2) is 65.9 Å². The predicted molar refractivity (Wildman–Crippen MR) is 88.7 cm³/mol. The first-order valence-electron chi connectivity index (χ1n) is 8.66. The van der Waals surface area contributed by atoms with E-state index in [2.05, 4.69) is 36.4 Å². The number of rotatable bonds is 5. The summed E-state index contributed by atoms with van der Waals surface area (Å²) in [5, 5.41) is 25.6. The van der Waals surface area contributed by atoms with Gasteiger partial charge in [0.05, 0.1) is 17.5 Å². The molecule has 0 bridgehead atoms. The van der Waals surface area contributed by atoms with E-state index in [9.17, 15) is 9.90 Å². The van der Waals surface area contributed by atoms with Gasteiger partial charge in [-0.3, -0.25) is 19.1 Å². The van der Waals surface area contributed by atoms with Gasteiger partial charge in [0.1, 0.15) is 0 Å². The molecule has 2 N–H and O–H groups in total. The van der Waals surface area contributed by atoms with Crippen molar-refractivity contribution in [3.63, 3.8) is 0 Å². The van der Waals surface area contributed by atoms with Gasteiger partial charge in [-0.05, 0) is 25.3 Å². The zero-order chi connectivity index (χ0) is 17.4. The molecule has 2 aliphatic heterocycles. The SMILES string of the molecule is Cn1cc(C(=O)NCC2(O)CCN(Cc3cc4n(n3)CCC4)C2)nn1. The molecule has 0 spiro atoms. The van der Waals surface area contributed by atoms with Crippen molar-refractivity contribution in [2.24, 2.45) is 7.05 Å². The molecule has 25 heavy (non-hydrogen) atoms. The second kappa shape index (κ2) is 6.23. The highest BCUT2D eigenvalue weighted by Crippen LogP contribution is 2.23. The molecule has 1 atom stereocenters. The van der Waals surface area contributed by atoms with E-state index in [4.69, 9.17) is 0 Å². The van der Waals surface area contributed by atoms with E-state index < -0.39 is 5.60 Å². The van der Waals surface area contributed by atoms with Crippen molar-refractivity contribution in [1.29, 1.82) is 0 Å². The summed E-state index contributed by atoms with van der Waals surface area (Å²) in [6.07, 6.45) is 4.46. The maximum absolute atomic E-state index is 12.0. The van der Waals surface area contributed by atoms with Crippen LogP contribution in [0.1, 0.15) is 34.7 Å². The van der Waals surface area contributed by atoms with Crippen LogP contribution in [0.25, 0.3) is 0 Å². The first kappa shape index (κ1) is 16.2. The van der Waals surface area contributed by atoms with E-state index in [1.807, 2.05) is 0 Å². The Morgan fingerprint density at radius 1 is 1.44 bits per heavy atom. The molecule has 134 valence electrons. The predicted octanol–water partition coefficient (Wildman–Crippen LogP) is -0.675. The van der Waals surface area contributed by atoms with E-state index in [0.717, 1.165) is 31.7 Å². The molecule has 1 unspecified atom stereocenters. The van der Waals surface area contributed by atoms with Gasteiger partial charge >= 0.3 is 0 Å². The first-order chi connectivity index (χ1) is 12.0. The van der Waals surface area contributed by atoms with Gasteiger partial charge in [-0.25, -0.2) is 0 Å². The Bertz CT molecular complexity index is 762. The van der Waals surface area contributed by atoms with Crippen LogP contribution in [0, 0.1) is 0 Å². The van der Waals surface area contributed by atoms with Crippen molar-refractivity contribution in [3.05, 3.63) is 29.3 Å². The lowest BCUT2D eigenvalue weighted by Gasteiger charge is -2.23. The van der Waals surface area contributed by atoms with Crippen LogP contribution in [0.3, 0.4) is 0 Å². The van der Waals surface area contributed by atoms with Gasteiger partial charge in [0.15, 0.2) is 5.69 Å². The molecule has 2 aliphatic rings. The second-order valence-corrected chi connectivity index (χ2v) is 7.10. The number of aryl methyl sites for hydroxylation is 3. The third-order valence-corrected chi connectivity index (χ3v) is 4.93. The Morgan fingerprint density at radius 2 is 2.32 bits per heavy atom. The Balaban J connectivity index is 1.30. The number of carbonyl (C=O) groups excluding carboxylic acids is 1. The van der Waals surface area contributed by atoms with E-state index in [1.54, 1.807) is 13.2 Å². The number of aliphatic hydroxyl groups is 1. The topological polar surface area (TPSA) is 101 Å². The quantitative estimate of drug-likeness (QED) is 0.745. The van der Waals surface area contributed by atoms with Gasteiger partial charge in [0, 0.05) is 45.5 Å². The summed E-state index contributed by atoms with van der Waals surface area (Å²) in [6.45, 7) is 3.27.